The Labute approximate surface area is 261 Å². The topological polar surface area (TPSA) is 111 Å². The second-order valence-corrected chi connectivity index (χ2v) is 10.8. The fraction of sp³-hybridized carbons (Fsp3) is 0.139. The number of nitrogens with one attached hydrogen (secondary N) is 2. The molecule has 45 heavy (non-hydrogen) atoms. The van der Waals surface area contributed by atoms with Crippen LogP contribution in [-0.2, 0) is 27.2 Å². The maximum atomic E-state index is 12.8. The van der Waals surface area contributed by atoms with E-state index in [1.54, 1.807) is 6.20 Å². The molecule has 2 N–H and O–H groups in total. The summed E-state index contributed by atoms with van der Waals surface area (Å²) in [5, 5.41) is 6.28. The first-order valence-corrected chi connectivity index (χ1v) is 14.7. The summed E-state index contributed by atoms with van der Waals surface area (Å²) >= 11 is 0. The number of ether oxygens (including phenoxy) is 1. The zero-order valence-corrected chi connectivity index (χ0v) is 25.0. The fourth-order valence-corrected chi connectivity index (χ4v) is 5.08. The predicted octanol–water partition coefficient (Wildman–Crippen LogP) is 6.88. The maximum absolute atomic E-state index is 12.8. The SMILES string of the molecule is CC(C)OC(=O)Cc1cccc(Nc2nccc(-c3c(-c4cccc(NC(=O)Cc5ccccc5)c4)nc4ccccn34)n2)c1. The van der Waals surface area contributed by atoms with E-state index in [0.29, 0.717) is 17.3 Å². The van der Waals surface area contributed by atoms with Crippen molar-refractivity contribution in [3.8, 4) is 22.6 Å². The van der Waals surface area contributed by atoms with Gasteiger partial charge in [-0.3, -0.25) is 14.0 Å². The van der Waals surface area contributed by atoms with Crippen LogP contribution in [-0.4, -0.2) is 37.3 Å². The van der Waals surface area contributed by atoms with Crippen molar-refractivity contribution in [2.24, 2.45) is 0 Å². The number of aromatic nitrogens is 4. The number of benzene rings is 3. The molecule has 0 aliphatic carbocycles. The molecule has 0 aliphatic heterocycles. The number of amides is 1. The van der Waals surface area contributed by atoms with Gasteiger partial charge in [0.1, 0.15) is 5.65 Å². The Morgan fingerprint density at radius 3 is 2.42 bits per heavy atom. The Morgan fingerprint density at radius 1 is 0.800 bits per heavy atom. The van der Waals surface area contributed by atoms with Crippen LogP contribution in [0.5, 0.6) is 0 Å². The number of anilines is 3. The Kier molecular flexibility index (Phi) is 8.59. The Morgan fingerprint density at radius 2 is 1.58 bits per heavy atom. The minimum atomic E-state index is -0.277. The molecule has 9 nitrogen and oxygen atoms in total. The molecule has 9 heteroatoms. The highest BCUT2D eigenvalue weighted by Crippen LogP contribution is 2.33. The van der Waals surface area contributed by atoms with Gasteiger partial charge in [0.05, 0.1) is 36.0 Å². The molecule has 0 spiro atoms. The number of carbonyl (C=O) groups is 2. The summed E-state index contributed by atoms with van der Waals surface area (Å²) in [6.45, 7) is 3.66. The van der Waals surface area contributed by atoms with Crippen LogP contribution in [0, 0.1) is 0 Å². The molecule has 3 heterocycles. The number of fused-ring (bicyclic) bond motifs is 1. The number of nitrogens with zero attached hydrogens (tertiary/aromatic N) is 4. The summed E-state index contributed by atoms with van der Waals surface area (Å²) in [7, 11) is 0. The highest BCUT2D eigenvalue weighted by Gasteiger charge is 2.18. The Balaban J connectivity index is 1.28. The third kappa shape index (κ3) is 7.22. The number of rotatable bonds is 10. The second-order valence-electron chi connectivity index (χ2n) is 10.8. The quantitative estimate of drug-likeness (QED) is 0.166. The fourth-order valence-electron chi connectivity index (χ4n) is 5.08. The lowest BCUT2D eigenvalue weighted by molar-refractivity contribution is -0.146. The minimum absolute atomic E-state index is 0.0963. The van der Waals surface area contributed by atoms with Gasteiger partial charge >= 0.3 is 5.97 Å². The van der Waals surface area contributed by atoms with E-state index in [4.69, 9.17) is 14.7 Å². The standard InChI is InChI=1S/C36H32N6O3/c1-24(2)45-33(44)22-26-12-8-14-28(20-26)39-36-37-18-17-30(40-36)35-34(41-31-16-6-7-19-42(31)35)27-13-9-15-29(23-27)38-32(43)21-25-10-4-3-5-11-25/h3-20,23-24H,21-22H2,1-2H3,(H,38,43)(H,37,39,40). The van der Waals surface area contributed by atoms with E-state index in [0.717, 1.165) is 39.4 Å². The summed E-state index contributed by atoms with van der Waals surface area (Å²) in [6, 6.07) is 32.5. The van der Waals surface area contributed by atoms with E-state index in [9.17, 15) is 9.59 Å². The van der Waals surface area contributed by atoms with Crippen LogP contribution in [0.3, 0.4) is 0 Å². The van der Waals surface area contributed by atoms with Gasteiger partial charge in [0, 0.05) is 29.3 Å². The molecule has 0 saturated carbocycles. The average molecular weight is 597 g/mol. The number of imidazole rings is 1. The maximum Gasteiger partial charge on any atom is 0.310 e. The number of hydrogen-bond acceptors (Lipinski definition) is 7. The molecule has 3 aromatic carbocycles. The third-order valence-electron chi connectivity index (χ3n) is 6.95. The van der Waals surface area contributed by atoms with Crippen molar-refractivity contribution < 1.29 is 14.3 Å². The summed E-state index contributed by atoms with van der Waals surface area (Å²) in [4.78, 5) is 39.2. The molecule has 0 atom stereocenters. The molecule has 3 aromatic heterocycles. The number of pyridine rings is 1. The summed E-state index contributed by atoms with van der Waals surface area (Å²) in [6.07, 6.45) is 3.93. The van der Waals surface area contributed by atoms with Crippen molar-refractivity contribution in [3.63, 3.8) is 0 Å². The van der Waals surface area contributed by atoms with Gasteiger partial charge in [-0.25, -0.2) is 15.0 Å². The van der Waals surface area contributed by atoms with Gasteiger partial charge in [0.15, 0.2) is 0 Å². The van der Waals surface area contributed by atoms with Gasteiger partial charge < -0.3 is 15.4 Å². The first kappa shape index (κ1) is 29.3. The van der Waals surface area contributed by atoms with E-state index in [2.05, 4.69) is 15.6 Å². The molecule has 0 unspecified atom stereocenters. The van der Waals surface area contributed by atoms with Gasteiger partial charge in [-0.15, -0.1) is 0 Å². The van der Waals surface area contributed by atoms with E-state index in [-0.39, 0.29) is 30.8 Å². The Hall–Kier alpha value is -5.83. The largest absolute Gasteiger partial charge is 0.463 e. The summed E-state index contributed by atoms with van der Waals surface area (Å²) in [5.41, 5.74) is 6.96. The van der Waals surface area contributed by atoms with Crippen molar-refractivity contribution in [1.29, 1.82) is 0 Å². The zero-order valence-electron chi connectivity index (χ0n) is 25.0. The molecule has 0 radical (unpaired) electrons. The summed E-state index contributed by atoms with van der Waals surface area (Å²) < 4.78 is 7.28. The van der Waals surface area contributed by atoms with Gasteiger partial charge in [-0.1, -0.05) is 60.7 Å². The molecule has 6 aromatic rings. The molecule has 0 fully saturated rings. The Bertz CT molecular complexity index is 1970. The van der Waals surface area contributed by atoms with E-state index >= 15 is 0 Å². The number of hydrogen-bond donors (Lipinski definition) is 2. The van der Waals surface area contributed by atoms with Crippen molar-refractivity contribution >= 4 is 34.8 Å². The molecule has 0 saturated heterocycles. The van der Waals surface area contributed by atoms with Crippen LogP contribution in [0.1, 0.15) is 25.0 Å². The molecule has 6 rings (SSSR count). The van der Waals surface area contributed by atoms with Crippen LogP contribution in [0.15, 0.2) is 116 Å². The smallest absolute Gasteiger partial charge is 0.310 e. The van der Waals surface area contributed by atoms with Crippen LogP contribution in [0.4, 0.5) is 17.3 Å². The monoisotopic (exact) mass is 596 g/mol. The first-order chi connectivity index (χ1) is 21.9. The van der Waals surface area contributed by atoms with Gasteiger partial charge in [0.25, 0.3) is 0 Å². The first-order valence-electron chi connectivity index (χ1n) is 14.7. The molecular formula is C36H32N6O3. The van der Waals surface area contributed by atoms with Crippen molar-refractivity contribution in [2.45, 2.75) is 32.8 Å². The molecule has 0 aliphatic rings. The number of carbonyl (C=O) groups excluding carboxylic acids is 2. The second kappa shape index (κ2) is 13.2. The van der Waals surface area contributed by atoms with Crippen molar-refractivity contribution in [3.05, 3.63) is 127 Å². The molecule has 0 bridgehead atoms. The van der Waals surface area contributed by atoms with Gasteiger partial charge in [0.2, 0.25) is 11.9 Å². The molecular weight excluding hydrogens is 564 g/mol. The predicted molar refractivity (Wildman–Crippen MR) is 175 cm³/mol. The third-order valence-corrected chi connectivity index (χ3v) is 6.95. The van der Waals surface area contributed by atoms with E-state index in [1.807, 2.05) is 128 Å². The highest BCUT2D eigenvalue weighted by molar-refractivity contribution is 5.93. The van der Waals surface area contributed by atoms with E-state index < -0.39 is 0 Å². The van der Waals surface area contributed by atoms with Gasteiger partial charge in [-0.05, 0) is 67.4 Å². The van der Waals surface area contributed by atoms with Crippen LogP contribution < -0.4 is 10.6 Å². The summed E-state index contributed by atoms with van der Waals surface area (Å²) in [5.74, 6) is 0.0227. The zero-order chi connectivity index (χ0) is 31.2. The average Bonchev–Trinajstić information content (AvgIpc) is 3.41. The highest BCUT2D eigenvalue weighted by atomic mass is 16.5. The molecule has 224 valence electrons. The van der Waals surface area contributed by atoms with Gasteiger partial charge in [-0.2, -0.15) is 0 Å². The number of esters is 1. The normalized spacial score (nSPS) is 11.0. The lowest BCUT2D eigenvalue weighted by Gasteiger charge is -2.11. The minimum Gasteiger partial charge on any atom is -0.463 e. The lowest BCUT2D eigenvalue weighted by atomic mass is 10.1. The van der Waals surface area contributed by atoms with Crippen LogP contribution >= 0.6 is 0 Å². The molecule has 1 amide bonds. The van der Waals surface area contributed by atoms with E-state index in [1.165, 1.54) is 0 Å². The van der Waals surface area contributed by atoms with Crippen molar-refractivity contribution in [2.75, 3.05) is 10.6 Å². The lowest BCUT2D eigenvalue weighted by Crippen LogP contribution is -2.14. The van der Waals surface area contributed by atoms with Crippen LogP contribution in [0.2, 0.25) is 0 Å². The van der Waals surface area contributed by atoms with Crippen molar-refractivity contribution in [1.82, 2.24) is 19.4 Å². The van der Waals surface area contributed by atoms with Crippen LogP contribution in [0.25, 0.3) is 28.3 Å².